The molecule has 0 aromatic heterocycles. The smallest absolute Gasteiger partial charge is 0.299 e. The highest BCUT2D eigenvalue weighted by molar-refractivity contribution is 8.11. The van der Waals surface area contributed by atoms with Crippen molar-refractivity contribution in [3.63, 3.8) is 0 Å². The van der Waals surface area contributed by atoms with Crippen molar-refractivity contribution in [2.75, 3.05) is 27.2 Å². The summed E-state index contributed by atoms with van der Waals surface area (Å²) in [7, 11) is 5.79. The molecule has 0 aromatic rings. The van der Waals surface area contributed by atoms with Crippen molar-refractivity contribution in [1.82, 2.24) is 9.21 Å². The van der Waals surface area contributed by atoms with Crippen LogP contribution in [-0.2, 0) is 9.24 Å². The van der Waals surface area contributed by atoms with Gasteiger partial charge in [-0.1, -0.05) is 0 Å². The third-order valence-electron chi connectivity index (χ3n) is 3.19. The van der Waals surface area contributed by atoms with Gasteiger partial charge in [0.15, 0.2) is 0 Å². The van der Waals surface area contributed by atoms with Crippen molar-refractivity contribution < 1.29 is 8.42 Å². The standard InChI is InChI=1S/C8H17ClN2O2S/c1-8(10(2)3)4-6-11(7-5-8)14(9,12)13/h4-7H2,1-3H3. The zero-order valence-electron chi connectivity index (χ0n) is 8.83. The Bertz CT molecular complexity index is 294. The minimum absolute atomic E-state index is 0.0953. The monoisotopic (exact) mass is 240 g/mol. The highest BCUT2D eigenvalue weighted by Crippen LogP contribution is 2.28. The minimum atomic E-state index is -3.51. The summed E-state index contributed by atoms with van der Waals surface area (Å²) in [5, 5.41) is 0. The predicted octanol–water partition coefficient (Wildman–Crippen LogP) is 0.886. The number of halogens is 1. The highest BCUT2D eigenvalue weighted by atomic mass is 35.7. The lowest BCUT2D eigenvalue weighted by atomic mass is 9.89. The van der Waals surface area contributed by atoms with Crippen LogP contribution in [0.25, 0.3) is 0 Å². The third kappa shape index (κ3) is 2.59. The quantitative estimate of drug-likeness (QED) is 0.673. The van der Waals surface area contributed by atoms with Crippen molar-refractivity contribution in [2.24, 2.45) is 0 Å². The molecule has 0 bridgehead atoms. The third-order valence-corrected chi connectivity index (χ3v) is 4.76. The fourth-order valence-electron chi connectivity index (χ4n) is 1.63. The van der Waals surface area contributed by atoms with Crippen LogP contribution in [0, 0.1) is 0 Å². The molecule has 1 aliphatic rings. The fraction of sp³-hybridized carbons (Fsp3) is 1.00. The minimum Gasteiger partial charge on any atom is -0.304 e. The van der Waals surface area contributed by atoms with Crippen molar-refractivity contribution >= 4 is 19.9 Å². The first kappa shape index (κ1) is 12.2. The number of hydrogen-bond donors (Lipinski definition) is 0. The van der Waals surface area contributed by atoms with E-state index in [1.807, 2.05) is 14.1 Å². The van der Waals surface area contributed by atoms with Gasteiger partial charge in [-0.3, -0.25) is 0 Å². The Morgan fingerprint density at radius 1 is 1.29 bits per heavy atom. The summed E-state index contributed by atoms with van der Waals surface area (Å²) >= 11 is 0. The first-order valence-electron chi connectivity index (χ1n) is 4.63. The topological polar surface area (TPSA) is 40.6 Å². The molecule has 0 N–H and O–H groups in total. The van der Waals surface area contributed by atoms with Gasteiger partial charge in [0.2, 0.25) is 0 Å². The van der Waals surface area contributed by atoms with E-state index >= 15 is 0 Å². The van der Waals surface area contributed by atoms with E-state index in [-0.39, 0.29) is 5.54 Å². The summed E-state index contributed by atoms with van der Waals surface area (Å²) in [6, 6.07) is 0. The molecule has 0 aliphatic carbocycles. The van der Waals surface area contributed by atoms with Crippen molar-refractivity contribution in [2.45, 2.75) is 25.3 Å². The van der Waals surface area contributed by atoms with Crippen LogP contribution in [0.3, 0.4) is 0 Å². The Morgan fingerprint density at radius 2 is 1.71 bits per heavy atom. The second-order valence-electron chi connectivity index (χ2n) is 4.23. The van der Waals surface area contributed by atoms with E-state index in [2.05, 4.69) is 11.8 Å². The van der Waals surface area contributed by atoms with Gasteiger partial charge < -0.3 is 4.90 Å². The lowest BCUT2D eigenvalue weighted by Crippen LogP contribution is -2.51. The Kier molecular flexibility index (Phi) is 3.46. The molecule has 0 aromatic carbocycles. The maximum Gasteiger partial charge on any atom is 0.299 e. The predicted molar refractivity (Wildman–Crippen MR) is 57.7 cm³/mol. The summed E-state index contributed by atoms with van der Waals surface area (Å²) in [5.74, 6) is 0. The molecule has 0 amide bonds. The fourth-order valence-corrected chi connectivity index (χ4v) is 2.67. The van der Waals surface area contributed by atoms with Crippen LogP contribution in [-0.4, -0.2) is 50.3 Å². The number of nitrogens with zero attached hydrogens (tertiary/aromatic N) is 2. The zero-order valence-corrected chi connectivity index (χ0v) is 10.4. The lowest BCUT2D eigenvalue weighted by Gasteiger charge is -2.42. The second kappa shape index (κ2) is 3.96. The van der Waals surface area contributed by atoms with E-state index in [9.17, 15) is 8.42 Å². The average Bonchev–Trinajstić information content (AvgIpc) is 2.03. The molecule has 6 heteroatoms. The highest BCUT2D eigenvalue weighted by Gasteiger charge is 2.35. The van der Waals surface area contributed by atoms with E-state index in [4.69, 9.17) is 10.7 Å². The van der Waals surface area contributed by atoms with Gasteiger partial charge in [0.05, 0.1) is 0 Å². The zero-order chi connectivity index (χ0) is 11.0. The average molecular weight is 241 g/mol. The van der Waals surface area contributed by atoms with Gasteiger partial charge in [-0.05, 0) is 33.9 Å². The van der Waals surface area contributed by atoms with Gasteiger partial charge in [0.1, 0.15) is 0 Å². The van der Waals surface area contributed by atoms with Crippen molar-refractivity contribution in [1.29, 1.82) is 0 Å². The van der Waals surface area contributed by atoms with Gasteiger partial charge in [0.25, 0.3) is 9.24 Å². The van der Waals surface area contributed by atoms with Gasteiger partial charge in [-0.25, -0.2) is 0 Å². The number of piperidine rings is 1. The molecule has 0 atom stereocenters. The molecule has 84 valence electrons. The summed E-state index contributed by atoms with van der Waals surface area (Å²) < 4.78 is 23.4. The van der Waals surface area contributed by atoms with Crippen LogP contribution in [0.5, 0.6) is 0 Å². The largest absolute Gasteiger partial charge is 0.304 e. The molecule has 0 unspecified atom stereocenters. The summed E-state index contributed by atoms with van der Waals surface area (Å²) in [6.07, 6.45) is 1.65. The van der Waals surface area contributed by atoms with E-state index in [0.717, 1.165) is 12.8 Å². The van der Waals surface area contributed by atoms with E-state index in [0.29, 0.717) is 13.1 Å². The van der Waals surface area contributed by atoms with Crippen LogP contribution in [0.2, 0.25) is 0 Å². The molecule has 1 aliphatic heterocycles. The molecular formula is C8H17ClN2O2S. The van der Waals surface area contributed by atoms with Crippen LogP contribution >= 0.6 is 10.7 Å². The first-order chi connectivity index (χ1) is 6.26. The molecule has 1 fully saturated rings. The molecule has 0 saturated carbocycles. The summed E-state index contributed by atoms with van der Waals surface area (Å²) in [4.78, 5) is 2.14. The Labute approximate surface area is 90.4 Å². The maximum atomic E-state index is 11.0. The van der Waals surface area contributed by atoms with Gasteiger partial charge in [-0.2, -0.15) is 12.7 Å². The molecule has 14 heavy (non-hydrogen) atoms. The second-order valence-corrected chi connectivity index (χ2v) is 6.74. The van der Waals surface area contributed by atoms with E-state index in [1.54, 1.807) is 0 Å². The van der Waals surface area contributed by atoms with Gasteiger partial charge in [-0.15, -0.1) is 0 Å². The van der Waals surface area contributed by atoms with E-state index in [1.165, 1.54) is 4.31 Å². The summed E-state index contributed by atoms with van der Waals surface area (Å²) in [5.41, 5.74) is 0.0953. The molecule has 0 radical (unpaired) electrons. The maximum absolute atomic E-state index is 11.0. The summed E-state index contributed by atoms with van der Waals surface area (Å²) in [6.45, 7) is 3.17. The molecule has 4 nitrogen and oxygen atoms in total. The molecule has 1 heterocycles. The van der Waals surface area contributed by atoms with Crippen LogP contribution in [0.15, 0.2) is 0 Å². The molecule has 0 spiro atoms. The Balaban J connectivity index is 2.63. The van der Waals surface area contributed by atoms with Gasteiger partial charge >= 0.3 is 0 Å². The SMILES string of the molecule is CN(C)C1(C)CCN(S(=O)(=O)Cl)CC1. The number of hydrogen-bond acceptors (Lipinski definition) is 3. The van der Waals surface area contributed by atoms with Gasteiger partial charge in [0, 0.05) is 29.3 Å². The van der Waals surface area contributed by atoms with E-state index < -0.39 is 9.24 Å². The first-order valence-corrected chi connectivity index (χ1v) is 6.89. The Morgan fingerprint density at radius 3 is 2.00 bits per heavy atom. The van der Waals surface area contributed by atoms with Crippen LogP contribution in [0.1, 0.15) is 19.8 Å². The normalized spacial score (nSPS) is 24.1. The molecule has 1 saturated heterocycles. The van der Waals surface area contributed by atoms with Crippen LogP contribution < -0.4 is 0 Å². The molecule has 1 rings (SSSR count). The van der Waals surface area contributed by atoms with Crippen molar-refractivity contribution in [3.05, 3.63) is 0 Å². The molecular weight excluding hydrogens is 224 g/mol. The lowest BCUT2D eigenvalue weighted by molar-refractivity contribution is 0.103. The van der Waals surface area contributed by atoms with Crippen LogP contribution in [0.4, 0.5) is 0 Å². The Hall–Kier alpha value is 0.160. The number of rotatable bonds is 2. The van der Waals surface area contributed by atoms with Crippen molar-refractivity contribution in [3.8, 4) is 0 Å².